The van der Waals surface area contributed by atoms with E-state index in [1.54, 1.807) is 29.3 Å². The maximum atomic E-state index is 13.5. The molecule has 0 bridgehead atoms. The average molecular weight is 513 g/mol. The minimum Gasteiger partial charge on any atom is -0.457 e. The van der Waals surface area contributed by atoms with Crippen LogP contribution in [0.1, 0.15) is 22.3 Å². The van der Waals surface area contributed by atoms with Gasteiger partial charge in [-0.3, -0.25) is 9.59 Å². The summed E-state index contributed by atoms with van der Waals surface area (Å²) in [5, 5.41) is 4.12. The Morgan fingerprint density at radius 2 is 1.97 bits per heavy atom. The number of H-pyrrole nitrogens is 1. The molecule has 2 aromatic heterocycles. The summed E-state index contributed by atoms with van der Waals surface area (Å²) in [7, 11) is 0. The summed E-state index contributed by atoms with van der Waals surface area (Å²) < 4.78 is 5.81. The molecule has 10 heteroatoms. The van der Waals surface area contributed by atoms with Crippen molar-refractivity contribution in [1.29, 1.82) is 0 Å². The highest BCUT2D eigenvalue weighted by Gasteiger charge is 2.29. The van der Waals surface area contributed by atoms with E-state index >= 15 is 0 Å². The van der Waals surface area contributed by atoms with Crippen LogP contribution in [0.2, 0.25) is 5.02 Å². The molecule has 2 aromatic carbocycles. The number of para-hydroxylation sites is 1. The normalized spacial score (nSPS) is 14.8. The number of benzene rings is 2. The molecular formula is C27H21ClN6O3. The minimum absolute atomic E-state index is 0.111. The van der Waals surface area contributed by atoms with E-state index in [1.807, 2.05) is 30.3 Å². The number of aromatic amines is 1. The van der Waals surface area contributed by atoms with Gasteiger partial charge in [0, 0.05) is 37.0 Å². The number of rotatable bonds is 7. The predicted octanol–water partition coefficient (Wildman–Crippen LogP) is 5.08. The van der Waals surface area contributed by atoms with E-state index < -0.39 is 0 Å². The number of ether oxygens (including phenoxy) is 1. The molecule has 0 radical (unpaired) electrons. The average Bonchev–Trinajstić information content (AvgIpc) is 3.56. The molecule has 1 unspecified atom stereocenters. The second-order valence-corrected chi connectivity index (χ2v) is 8.88. The van der Waals surface area contributed by atoms with Crippen LogP contribution in [0.5, 0.6) is 11.5 Å². The Balaban J connectivity index is 1.38. The van der Waals surface area contributed by atoms with Crippen molar-refractivity contribution in [2.75, 3.05) is 18.4 Å². The zero-order valence-corrected chi connectivity index (χ0v) is 20.3. The largest absolute Gasteiger partial charge is 0.457 e. The van der Waals surface area contributed by atoms with Crippen LogP contribution < -0.4 is 10.1 Å². The lowest BCUT2D eigenvalue weighted by molar-refractivity contribution is -0.125. The fourth-order valence-corrected chi connectivity index (χ4v) is 4.51. The van der Waals surface area contributed by atoms with E-state index in [4.69, 9.17) is 22.9 Å². The third-order valence-electron chi connectivity index (χ3n) is 6.08. The van der Waals surface area contributed by atoms with Gasteiger partial charge in [-0.05, 0) is 30.7 Å². The Bertz CT molecular complexity index is 1560. The molecule has 2 N–H and O–H groups in total. The van der Waals surface area contributed by atoms with Gasteiger partial charge in [-0.2, -0.15) is 0 Å². The van der Waals surface area contributed by atoms with E-state index in [2.05, 4.69) is 31.7 Å². The maximum Gasteiger partial charge on any atom is 0.252 e. The molecule has 0 aliphatic carbocycles. The summed E-state index contributed by atoms with van der Waals surface area (Å²) in [5.41, 5.74) is 1.06. The first-order valence-electron chi connectivity index (χ1n) is 11.5. The number of amides is 1. The lowest BCUT2D eigenvalue weighted by Crippen LogP contribution is -2.32. The molecule has 1 amide bonds. The van der Waals surface area contributed by atoms with Gasteiger partial charge >= 0.3 is 0 Å². The first kappa shape index (κ1) is 24.0. The van der Waals surface area contributed by atoms with Crippen LogP contribution in [0, 0.1) is 6.57 Å². The Labute approximate surface area is 217 Å². The second-order valence-electron chi connectivity index (χ2n) is 8.47. The van der Waals surface area contributed by atoms with E-state index in [9.17, 15) is 9.59 Å². The number of carbonyl (C=O) groups excluding carboxylic acids is 2. The van der Waals surface area contributed by atoms with Crippen molar-refractivity contribution >= 4 is 40.1 Å². The third kappa shape index (κ3) is 4.87. The Kier molecular flexibility index (Phi) is 6.58. The van der Waals surface area contributed by atoms with Crippen LogP contribution in [-0.4, -0.2) is 50.7 Å². The summed E-state index contributed by atoms with van der Waals surface area (Å²) >= 11 is 6.50. The monoisotopic (exact) mass is 512 g/mol. The predicted molar refractivity (Wildman–Crippen MR) is 140 cm³/mol. The number of fused-ring (bicyclic) bond motifs is 1. The molecule has 184 valence electrons. The van der Waals surface area contributed by atoms with Gasteiger partial charge in [0.1, 0.15) is 29.3 Å². The lowest BCUT2D eigenvalue weighted by atomic mass is 10.0. The van der Waals surface area contributed by atoms with Crippen molar-refractivity contribution in [2.45, 2.75) is 12.5 Å². The molecule has 1 saturated heterocycles. The van der Waals surface area contributed by atoms with E-state index in [0.29, 0.717) is 59.0 Å². The van der Waals surface area contributed by atoms with E-state index in [0.717, 1.165) is 0 Å². The van der Waals surface area contributed by atoms with Crippen LogP contribution in [0.4, 0.5) is 5.82 Å². The molecule has 1 fully saturated rings. The molecule has 4 aromatic rings. The number of hydrogen-bond acceptors (Lipinski definition) is 6. The van der Waals surface area contributed by atoms with Crippen LogP contribution in [0.3, 0.4) is 0 Å². The zero-order chi connectivity index (χ0) is 25.9. The number of likely N-dealkylation sites (tertiary alicyclic amines) is 1. The minimum atomic E-state index is -0.376. The van der Waals surface area contributed by atoms with Gasteiger partial charge in [0.15, 0.2) is 5.78 Å². The topological polar surface area (TPSA) is 105 Å². The maximum absolute atomic E-state index is 13.5. The van der Waals surface area contributed by atoms with Crippen LogP contribution in [-0.2, 0) is 4.79 Å². The van der Waals surface area contributed by atoms with E-state index in [-0.39, 0.29) is 28.5 Å². The Morgan fingerprint density at radius 1 is 1.16 bits per heavy atom. The van der Waals surface area contributed by atoms with Gasteiger partial charge in [0.2, 0.25) is 5.70 Å². The summed E-state index contributed by atoms with van der Waals surface area (Å²) in [6, 6.07) is 14.1. The molecule has 1 aliphatic rings. The standard InChI is InChI=1S/C27H21ClN6O3/c1-16(29-2)27(36)34-11-10-17(14-34)33-26-23-21(13-30-25(23)31-15-32-26)24(35)20-9-8-19(12-22(20)28)37-18-6-4-3-5-7-18/h3-9,12-13,15,17H,1,10-11,14H2,(H2,30,31,32,33). The van der Waals surface area contributed by atoms with Crippen molar-refractivity contribution in [3.63, 3.8) is 0 Å². The second kappa shape index (κ2) is 10.1. The quantitative estimate of drug-likeness (QED) is 0.203. The van der Waals surface area contributed by atoms with Gasteiger partial charge in [-0.15, -0.1) is 0 Å². The molecule has 1 atom stereocenters. The third-order valence-corrected chi connectivity index (χ3v) is 6.39. The molecular weight excluding hydrogens is 492 g/mol. The molecule has 9 nitrogen and oxygen atoms in total. The molecule has 0 spiro atoms. The molecule has 3 heterocycles. The summed E-state index contributed by atoms with van der Waals surface area (Å²) in [6.45, 7) is 11.4. The summed E-state index contributed by atoms with van der Waals surface area (Å²) in [6.07, 6.45) is 3.64. The van der Waals surface area contributed by atoms with Crippen LogP contribution in [0.15, 0.2) is 73.3 Å². The fourth-order valence-electron chi connectivity index (χ4n) is 4.25. The Hall–Kier alpha value is -4.68. The number of anilines is 1. The molecule has 5 rings (SSSR count). The van der Waals surface area contributed by atoms with Gasteiger partial charge in [0.25, 0.3) is 5.91 Å². The highest BCUT2D eigenvalue weighted by atomic mass is 35.5. The molecule has 0 saturated carbocycles. The summed E-state index contributed by atoms with van der Waals surface area (Å²) in [4.78, 5) is 42.2. The van der Waals surface area contributed by atoms with Crippen molar-refractivity contribution in [3.05, 3.63) is 101 Å². The molecule has 1 aliphatic heterocycles. The number of nitrogens with one attached hydrogen (secondary N) is 2. The first-order valence-corrected chi connectivity index (χ1v) is 11.8. The Morgan fingerprint density at radius 3 is 2.73 bits per heavy atom. The van der Waals surface area contributed by atoms with Gasteiger partial charge in [-0.1, -0.05) is 36.4 Å². The van der Waals surface area contributed by atoms with Gasteiger partial charge in [-0.25, -0.2) is 14.8 Å². The number of ketones is 1. The fraction of sp³-hybridized carbons (Fsp3) is 0.148. The SMILES string of the molecule is [C-]#[N+]C(=C)C(=O)N1CCC(Nc2ncnc3[nH]cc(C(=O)c4ccc(Oc5ccccc5)cc4Cl)c23)C1. The van der Waals surface area contributed by atoms with Crippen LogP contribution in [0.25, 0.3) is 15.9 Å². The van der Waals surface area contributed by atoms with Gasteiger partial charge < -0.3 is 19.9 Å². The zero-order valence-electron chi connectivity index (χ0n) is 19.6. The number of carbonyl (C=O) groups is 2. The van der Waals surface area contributed by atoms with Gasteiger partial charge in [0.05, 0.1) is 22.5 Å². The van der Waals surface area contributed by atoms with Crippen LogP contribution >= 0.6 is 11.6 Å². The number of halogens is 1. The van der Waals surface area contributed by atoms with Crippen molar-refractivity contribution < 1.29 is 14.3 Å². The highest BCUT2D eigenvalue weighted by Crippen LogP contribution is 2.32. The number of hydrogen-bond donors (Lipinski definition) is 2. The number of nitrogens with zero attached hydrogens (tertiary/aromatic N) is 4. The van der Waals surface area contributed by atoms with Crippen molar-refractivity contribution in [3.8, 4) is 11.5 Å². The number of aromatic nitrogens is 3. The van der Waals surface area contributed by atoms with E-state index in [1.165, 1.54) is 6.33 Å². The molecule has 37 heavy (non-hydrogen) atoms. The van der Waals surface area contributed by atoms with Crippen molar-refractivity contribution in [1.82, 2.24) is 19.9 Å². The summed E-state index contributed by atoms with van der Waals surface area (Å²) in [5.74, 6) is 0.972. The highest BCUT2D eigenvalue weighted by molar-refractivity contribution is 6.35. The smallest absolute Gasteiger partial charge is 0.252 e. The lowest BCUT2D eigenvalue weighted by Gasteiger charge is -2.17. The first-order chi connectivity index (χ1) is 17.9. The van der Waals surface area contributed by atoms with Crippen molar-refractivity contribution in [2.24, 2.45) is 0 Å².